The fourth-order valence-electron chi connectivity index (χ4n) is 1.80. The molecule has 4 nitrogen and oxygen atoms in total. The van der Waals surface area contributed by atoms with Crippen LogP contribution in [0.3, 0.4) is 0 Å². The standard InChI is InChI=1S/C16H17FN2O2/c1-16(2,3)21-15(20)10-14(19-9-8-18-11-19)12-6-4-5-7-13(12)17/h4-11H,1-3H3/b14-10-. The summed E-state index contributed by atoms with van der Waals surface area (Å²) in [7, 11) is 0. The van der Waals surface area contributed by atoms with Crippen molar-refractivity contribution >= 4 is 11.7 Å². The molecule has 0 N–H and O–H groups in total. The summed E-state index contributed by atoms with van der Waals surface area (Å²) in [5.41, 5.74) is 0.0734. The van der Waals surface area contributed by atoms with E-state index in [1.807, 2.05) is 0 Å². The average molecular weight is 288 g/mol. The molecular formula is C16H17FN2O2. The predicted molar refractivity (Wildman–Crippen MR) is 77.8 cm³/mol. The number of nitrogens with zero attached hydrogens (tertiary/aromatic N) is 2. The molecule has 0 radical (unpaired) electrons. The van der Waals surface area contributed by atoms with E-state index < -0.39 is 17.4 Å². The number of hydrogen-bond donors (Lipinski definition) is 0. The summed E-state index contributed by atoms with van der Waals surface area (Å²) in [4.78, 5) is 15.9. The number of benzene rings is 1. The van der Waals surface area contributed by atoms with Crippen molar-refractivity contribution in [3.8, 4) is 0 Å². The second kappa shape index (κ2) is 5.91. The summed E-state index contributed by atoms with van der Waals surface area (Å²) < 4.78 is 20.8. The predicted octanol–water partition coefficient (Wildman–Crippen LogP) is 3.25. The molecule has 2 aromatic rings. The number of rotatable bonds is 3. The average Bonchev–Trinajstić information content (AvgIpc) is 2.88. The van der Waals surface area contributed by atoms with Gasteiger partial charge in [-0.2, -0.15) is 0 Å². The summed E-state index contributed by atoms with van der Waals surface area (Å²) in [5.74, 6) is -0.949. The molecule has 1 aromatic heterocycles. The van der Waals surface area contributed by atoms with Gasteiger partial charge in [0.25, 0.3) is 0 Å². The highest BCUT2D eigenvalue weighted by Gasteiger charge is 2.17. The lowest BCUT2D eigenvalue weighted by atomic mass is 10.1. The Balaban J connectivity index is 2.43. The molecule has 0 saturated heterocycles. The quantitative estimate of drug-likeness (QED) is 0.643. The van der Waals surface area contributed by atoms with Gasteiger partial charge in [-0.1, -0.05) is 12.1 Å². The molecule has 1 heterocycles. The van der Waals surface area contributed by atoms with Crippen LogP contribution in [0.25, 0.3) is 5.70 Å². The third-order valence-corrected chi connectivity index (χ3v) is 2.59. The fourth-order valence-corrected chi connectivity index (χ4v) is 1.80. The van der Waals surface area contributed by atoms with E-state index in [2.05, 4.69) is 4.98 Å². The molecule has 0 aliphatic rings. The van der Waals surface area contributed by atoms with Crippen molar-refractivity contribution in [2.75, 3.05) is 0 Å². The van der Waals surface area contributed by atoms with E-state index >= 15 is 0 Å². The van der Waals surface area contributed by atoms with Crippen molar-refractivity contribution in [3.63, 3.8) is 0 Å². The normalized spacial score (nSPS) is 12.3. The van der Waals surface area contributed by atoms with Crippen LogP contribution in [0.15, 0.2) is 49.1 Å². The minimum absolute atomic E-state index is 0.307. The van der Waals surface area contributed by atoms with E-state index in [9.17, 15) is 9.18 Å². The number of halogens is 1. The molecule has 1 aromatic carbocycles. The molecule has 5 heteroatoms. The molecule has 0 unspecified atom stereocenters. The summed E-state index contributed by atoms with van der Waals surface area (Å²) in [6.45, 7) is 5.33. The second-order valence-corrected chi connectivity index (χ2v) is 5.51. The molecule has 0 bridgehead atoms. The lowest BCUT2D eigenvalue weighted by Gasteiger charge is -2.19. The number of carbonyl (C=O) groups is 1. The Morgan fingerprint density at radius 2 is 2.05 bits per heavy atom. The molecule has 0 saturated carbocycles. The van der Waals surface area contributed by atoms with Crippen molar-refractivity contribution in [1.29, 1.82) is 0 Å². The van der Waals surface area contributed by atoms with Crippen LogP contribution >= 0.6 is 0 Å². The minimum atomic E-state index is -0.608. The van der Waals surface area contributed by atoms with E-state index in [1.54, 1.807) is 55.9 Å². The Morgan fingerprint density at radius 3 is 2.62 bits per heavy atom. The van der Waals surface area contributed by atoms with Gasteiger partial charge in [0, 0.05) is 24.0 Å². The molecule has 0 aliphatic carbocycles. The van der Waals surface area contributed by atoms with E-state index in [0.29, 0.717) is 11.3 Å². The van der Waals surface area contributed by atoms with Crippen LogP contribution in [0.5, 0.6) is 0 Å². The van der Waals surface area contributed by atoms with Crippen LogP contribution in [0, 0.1) is 5.82 Å². The molecular weight excluding hydrogens is 271 g/mol. The van der Waals surface area contributed by atoms with Gasteiger partial charge in [-0.3, -0.25) is 0 Å². The van der Waals surface area contributed by atoms with E-state index in [4.69, 9.17) is 4.74 Å². The largest absolute Gasteiger partial charge is 0.457 e. The molecule has 0 spiro atoms. The third-order valence-electron chi connectivity index (χ3n) is 2.59. The minimum Gasteiger partial charge on any atom is -0.457 e. The van der Waals surface area contributed by atoms with Crippen LogP contribution in [0.4, 0.5) is 4.39 Å². The van der Waals surface area contributed by atoms with Gasteiger partial charge >= 0.3 is 5.97 Å². The van der Waals surface area contributed by atoms with Crippen molar-refractivity contribution in [2.45, 2.75) is 26.4 Å². The highest BCUT2D eigenvalue weighted by Crippen LogP contribution is 2.21. The lowest BCUT2D eigenvalue weighted by molar-refractivity contribution is -0.148. The molecule has 0 atom stereocenters. The van der Waals surface area contributed by atoms with Gasteiger partial charge in [0.05, 0.1) is 12.0 Å². The van der Waals surface area contributed by atoms with Crippen molar-refractivity contribution in [1.82, 2.24) is 9.55 Å². The maximum Gasteiger partial charge on any atom is 0.333 e. The van der Waals surface area contributed by atoms with Gasteiger partial charge in [-0.05, 0) is 32.9 Å². The summed E-state index contributed by atoms with van der Waals surface area (Å²) in [5, 5.41) is 0. The number of ether oxygens (including phenoxy) is 1. The summed E-state index contributed by atoms with van der Waals surface area (Å²) in [6, 6.07) is 6.25. The molecule has 110 valence electrons. The lowest BCUT2D eigenvalue weighted by Crippen LogP contribution is -2.23. The zero-order valence-electron chi connectivity index (χ0n) is 12.2. The molecule has 0 aliphatic heterocycles. The van der Waals surface area contributed by atoms with Gasteiger partial charge in [-0.15, -0.1) is 0 Å². The number of aromatic nitrogens is 2. The number of hydrogen-bond acceptors (Lipinski definition) is 3. The maximum absolute atomic E-state index is 14.0. The van der Waals surface area contributed by atoms with Crippen LogP contribution in [0.1, 0.15) is 26.3 Å². The second-order valence-electron chi connectivity index (χ2n) is 5.51. The number of esters is 1. The van der Waals surface area contributed by atoms with Crippen molar-refractivity contribution < 1.29 is 13.9 Å². The van der Waals surface area contributed by atoms with Crippen LogP contribution in [-0.4, -0.2) is 21.1 Å². The van der Waals surface area contributed by atoms with E-state index in [1.165, 1.54) is 18.5 Å². The Bertz CT molecular complexity index is 655. The topological polar surface area (TPSA) is 44.1 Å². The Labute approximate surface area is 122 Å². The first-order valence-electron chi connectivity index (χ1n) is 6.55. The summed E-state index contributed by atoms with van der Waals surface area (Å²) in [6.07, 6.45) is 5.97. The van der Waals surface area contributed by atoms with Gasteiger partial charge < -0.3 is 9.30 Å². The first-order valence-corrected chi connectivity index (χ1v) is 6.55. The monoisotopic (exact) mass is 288 g/mol. The van der Waals surface area contributed by atoms with Crippen molar-refractivity contribution in [2.24, 2.45) is 0 Å². The van der Waals surface area contributed by atoms with Crippen molar-refractivity contribution in [3.05, 3.63) is 60.4 Å². The van der Waals surface area contributed by atoms with E-state index in [0.717, 1.165) is 0 Å². The molecule has 0 amide bonds. The highest BCUT2D eigenvalue weighted by atomic mass is 19.1. The number of imidazole rings is 1. The molecule has 2 rings (SSSR count). The first-order chi connectivity index (χ1) is 9.87. The van der Waals surface area contributed by atoms with Gasteiger partial charge in [-0.25, -0.2) is 14.2 Å². The van der Waals surface area contributed by atoms with Gasteiger partial charge in [0.2, 0.25) is 0 Å². The Morgan fingerprint density at radius 1 is 1.33 bits per heavy atom. The van der Waals surface area contributed by atoms with Gasteiger partial charge in [0.15, 0.2) is 0 Å². The van der Waals surface area contributed by atoms with Crippen LogP contribution in [0.2, 0.25) is 0 Å². The van der Waals surface area contributed by atoms with Crippen LogP contribution < -0.4 is 0 Å². The highest BCUT2D eigenvalue weighted by molar-refractivity contribution is 5.91. The van der Waals surface area contributed by atoms with Gasteiger partial charge in [0.1, 0.15) is 11.4 Å². The molecule has 21 heavy (non-hydrogen) atoms. The smallest absolute Gasteiger partial charge is 0.333 e. The fraction of sp³-hybridized carbons (Fsp3) is 0.250. The van der Waals surface area contributed by atoms with E-state index in [-0.39, 0.29) is 0 Å². The van der Waals surface area contributed by atoms with Crippen LogP contribution in [-0.2, 0) is 9.53 Å². The third kappa shape index (κ3) is 4.02. The number of carbonyl (C=O) groups excluding carboxylic acids is 1. The summed E-state index contributed by atoms with van der Waals surface area (Å²) >= 11 is 0. The maximum atomic E-state index is 14.0. The zero-order valence-corrected chi connectivity index (χ0v) is 12.2. The first kappa shape index (κ1) is 15.0. The zero-order chi connectivity index (χ0) is 15.5. The Kier molecular flexibility index (Phi) is 4.21. The Hall–Kier alpha value is -2.43. The SMILES string of the molecule is CC(C)(C)OC(=O)/C=C(/c1ccccc1F)n1ccnc1. The molecule has 0 fully saturated rings.